The van der Waals surface area contributed by atoms with Crippen molar-refractivity contribution in [2.45, 2.75) is 149 Å². The molecule has 1 N–H and O–H groups in total. The molecule has 2 aromatic heterocycles. The molecule has 1 saturated carbocycles. The summed E-state index contributed by atoms with van der Waals surface area (Å²) in [4.78, 5) is 65.7. The second-order valence-corrected chi connectivity index (χ2v) is 18.9. The number of anilines is 2. The maximum absolute atomic E-state index is 14.0. The summed E-state index contributed by atoms with van der Waals surface area (Å²) in [6.07, 6.45) is -10.0. The van der Waals surface area contributed by atoms with Crippen LogP contribution >= 0.6 is 0 Å². The van der Waals surface area contributed by atoms with Gasteiger partial charge in [0.1, 0.15) is 16.8 Å². The Morgan fingerprint density at radius 1 is 0.738 bits per heavy atom. The molecule has 4 aromatic rings. The molecule has 2 heterocycles. The van der Waals surface area contributed by atoms with Crippen LogP contribution in [0.25, 0.3) is 22.2 Å². The van der Waals surface area contributed by atoms with Crippen molar-refractivity contribution in [2.24, 2.45) is 7.05 Å². The second kappa shape index (κ2) is 18.5. The first-order chi connectivity index (χ1) is 29.8. The van der Waals surface area contributed by atoms with Crippen LogP contribution in [-0.2, 0) is 51.2 Å². The molecule has 65 heavy (non-hydrogen) atoms. The fraction of sp³-hybridized carbons (Fsp3) is 0.533. The first-order valence-corrected chi connectivity index (χ1v) is 21.0. The van der Waals surface area contributed by atoms with Gasteiger partial charge in [-0.1, -0.05) is 6.92 Å². The number of alkyl halides is 6. The number of carbonyl (C=O) groups is 4. The van der Waals surface area contributed by atoms with Gasteiger partial charge < -0.3 is 19.5 Å². The van der Waals surface area contributed by atoms with E-state index in [0.717, 1.165) is 10.5 Å². The fourth-order valence-electron chi connectivity index (χ4n) is 7.37. The molecule has 0 spiro atoms. The highest BCUT2D eigenvalue weighted by molar-refractivity contribution is 5.94. The highest BCUT2D eigenvalue weighted by Crippen LogP contribution is 2.38. The molecule has 1 aliphatic carbocycles. The Kier molecular flexibility index (Phi) is 14.2. The Labute approximate surface area is 373 Å². The standard InChI is InChI=1S/C45H55F6N7O7/c1-12-25-19-27(33-23-34(55-56(33)11)53-35(59)22-26-21-29(44(46,47)48)13-18-32(26)45(49,50)51)20-28-24-52-37(54-36(25)28)57(38(60)63-41(2,3)4)30-14-16-31(17-15-30)58(39(61)64-42(5,6)7)40(62)65-43(8,9)10/h13,18-21,23-24,30-31H,12,14-17,22H2,1-11H3,(H,53,55,59). The van der Waals surface area contributed by atoms with E-state index >= 15 is 0 Å². The minimum atomic E-state index is -5.00. The van der Waals surface area contributed by atoms with Crippen molar-refractivity contribution in [1.82, 2.24) is 24.6 Å². The molecule has 2 aromatic carbocycles. The molecule has 354 valence electrons. The lowest BCUT2D eigenvalue weighted by Gasteiger charge is -2.39. The monoisotopic (exact) mass is 919 g/mol. The first-order valence-electron chi connectivity index (χ1n) is 21.0. The number of fused-ring (bicyclic) bond motifs is 1. The van der Waals surface area contributed by atoms with Crippen molar-refractivity contribution in [1.29, 1.82) is 0 Å². The normalized spacial score (nSPS) is 16.2. The van der Waals surface area contributed by atoms with Crippen molar-refractivity contribution >= 4 is 46.9 Å². The SMILES string of the molecule is CCc1cc(-c2cc(NC(=O)Cc3cc(C(F)(F)F)ccc3C(F)(F)F)nn2C)cc2cnc(N(C(=O)OC(C)(C)C)C3CCC(N(C(=O)OC(C)(C)C)C(=O)OC(C)(C)C)CC3)nc12. The molecule has 5 rings (SSSR count). The van der Waals surface area contributed by atoms with Gasteiger partial charge in [0, 0.05) is 42.3 Å². The van der Waals surface area contributed by atoms with Gasteiger partial charge in [0.2, 0.25) is 11.9 Å². The van der Waals surface area contributed by atoms with Crippen LogP contribution in [0.15, 0.2) is 42.6 Å². The lowest BCUT2D eigenvalue weighted by Crippen LogP contribution is -2.52. The summed E-state index contributed by atoms with van der Waals surface area (Å²) in [5.41, 5.74) is -3.87. The number of benzene rings is 2. The van der Waals surface area contributed by atoms with Gasteiger partial charge >= 0.3 is 30.6 Å². The van der Waals surface area contributed by atoms with E-state index in [1.165, 1.54) is 15.6 Å². The molecular formula is C45H55F6N7O7. The van der Waals surface area contributed by atoms with Crippen molar-refractivity contribution in [2.75, 3.05) is 10.2 Å². The van der Waals surface area contributed by atoms with Crippen LogP contribution in [0, 0.1) is 0 Å². The van der Waals surface area contributed by atoms with Gasteiger partial charge in [-0.05, 0) is 136 Å². The molecule has 0 radical (unpaired) electrons. The predicted octanol–water partition coefficient (Wildman–Crippen LogP) is 11.0. The predicted molar refractivity (Wildman–Crippen MR) is 229 cm³/mol. The molecule has 1 fully saturated rings. The van der Waals surface area contributed by atoms with Gasteiger partial charge in [-0.15, -0.1) is 0 Å². The van der Waals surface area contributed by atoms with E-state index in [1.54, 1.807) is 81.6 Å². The highest BCUT2D eigenvalue weighted by atomic mass is 19.4. The van der Waals surface area contributed by atoms with Crippen LogP contribution in [0.4, 0.5) is 52.5 Å². The third-order valence-electron chi connectivity index (χ3n) is 10.0. The number of aryl methyl sites for hydroxylation is 2. The van der Waals surface area contributed by atoms with Gasteiger partial charge in [-0.25, -0.2) is 34.2 Å². The van der Waals surface area contributed by atoms with Gasteiger partial charge in [-0.3, -0.25) is 9.48 Å². The Balaban J connectivity index is 1.42. The van der Waals surface area contributed by atoms with Gasteiger partial charge in [0.15, 0.2) is 5.82 Å². The molecular weight excluding hydrogens is 865 g/mol. The molecule has 14 nitrogen and oxygen atoms in total. The largest absolute Gasteiger partial charge is 0.443 e. The average Bonchev–Trinajstić information content (AvgIpc) is 3.51. The second-order valence-electron chi connectivity index (χ2n) is 18.9. The van der Waals surface area contributed by atoms with Crippen molar-refractivity contribution in [3.05, 3.63) is 64.8 Å². The van der Waals surface area contributed by atoms with E-state index in [9.17, 15) is 45.5 Å². The number of nitrogens with zero attached hydrogens (tertiary/aromatic N) is 6. The molecule has 0 unspecified atom stereocenters. The van der Waals surface area contributed by atoms with Crippen molar-refractivity contribution < 1.29 is 59.7 Å². The molecule has 0 aliphatic heterocycles. The molecule has 0 atom stereocenters. The number of carbonyl (C=O) groups excluding carboxylic acids is 4. The molecule has 4 amide bonds. The van der Waals surface area contributed by atoms with E-state index in [4.69, 9.17) is 19.2 Å². The Hall–Kier alpha value is -5.95. The number of amides is 4. The molecule has 0 bridgehead atoms. The maximum Gasteiger partial charge on any atom is 0.420 e. The van der Waals surface area contributed by atoms with Crippen LogP contribution in [0.5, 0.6) is 0 Å². The minimum absolute atomic E-state index is 0.0548. The van der Waals surface area contributed by atoms with Crippen LogP contribution in [0.1, 0.15) is 117 Å². The summed E-state index contributed by atoms with van der Waals surface area (Å²) in [6, 6.07) is 4.89. The van der Waals surface area contributed by atoms with Crippen molar-refractivity contribution in [3.63, 3.8) is 0 Å². The fourth-order valence-corrected chi connectivity index (χ4v) is 7.37. The summed E-state index contributed by atoms with van der Waals surface area (Å²) < 4.78 is 99.6. The Morgan fingerprint density at radius 3 is 1.82 bits per heavy atom. The highest BCUT2D eigenvalue weighted by Gasteiger charge is 2.42. The molecule has 0 saturated heterocycles. The smallest absolute Gasteiger partial charge is 0.420 e. The Bertz CT molecular complexity index is 2400. The van der Waals surface area contributed by atoms with Crippen LogP contribution in [0.3, 0.4) is 0 Å². The van der Waals surface area contributed by atoms with E-state index in [1.807, 2.05) is 13.0 Å². The first kappa shape index (κ1) is 50.1. The number of imide groups is 1. The van der Waals surface area contributed by atoms with E-state index < -0.39 is 88.5 Å². The van der Waals surface area contributed by atoms with Crippen LogP contribution < -0.4 is 10.2 Å². The molecule has 20 heteroatoms. The van der Waals surface area contributed by atoms with Gasteiger partial charge in [0.05, 0.1) is 28.8 Å². The number of ether oxygens (including phenoxy) is 3. The third-order valence-corrected chi connectivity index (χ3v) is 10.0. The van der Waals surface area contributed by atoms with E-state index in [0.29, 0.717) is 72.5 Å². The minimum Gasteiger partial charge on any atom is -0.443 e. The van der Waals surface area contributed by atoms with Gasteiger partial charge in [-0.2, -0.15) is 31.4 Å². The lowest BCUT2D eigenvalue weighted by molar-refractivity contribution is -0.142. The number of halogens is 6. The Morgan fingerprint density at radius 2 is 1.29 bits per heavy atom. The maximum atomic E-state index is 14.0. The van der Waals surface area contributed by atoms with Crippen LogP contribution in [-0.4, -0.2) is 77.7 Å². The summed E-state index contributed by atoms with van der Waals surface area (Å²) >= 11 is 0. The topological polar surface area (TPSA) is 158 Å². The zero-order valence-electron chi connectivity index (χ0n) is 38.2. The quantitative estimate of drug-likeness (QED) is 0.133. The number of nitrogens with one attached hydrogen (secondary N) is 1. The number of hydrogen-bond donors (Lipinski definition) is 1. The van der Waals surface area contributed by atoms with Crippen molar-refractivity contribution in [3.8, 4) is 11.3 Å². The lowest BCUT2D eigenvalue weighted by atomic mass is 9.89. The van der Waals surface area contributed by atoms with E-state index in [-0.39, 0.29) is 11.8 Å². The number of hydrogen-bond acceptors (Lipinski definition) is 10. The number of rotatable bonds is 8. The zero-order valence-corrected chi connectivity index (χ0v) is 38.2. The van der Waals surface area contributed by atoms with Crippen LogP contribution in [0.2, 0.25) is 0 Å². The summed E-state index contributed by atoms with van der Waals surface area (Å²) in [5, 5.41) is 7.24. The average molecular weight is 920 g/mol. The summed E-state index contributed by atoms with van der Waals surface area (Å²) in [5.74, 6) is -1.01. The van der Waals surface area contributed by atoms with E-state index in [2.05, 4.69) is 15.4 Å². The number of aromatic nitrogens is 4. The zero-order chi connectivity index (χ0) is 48.6. The molecule has 1 aliphatic rings. The third kappa shape index (κ3) is 12.9. The summed E-state index contributed by atoms with van der Waals surface area (Å²) in [6.45, 7) is 17.3. The van der Waals surface area contributed by atoms with Gasteiger partial charge in [0.25, 0.3) is 0 Å². The summed E-state index contributed by atoms with van der Waals surface area (Å²) in [7, 11) is 1.57.